The topological polar surface area (TPSA) is 18.5 Å². The Balaban J connectivity index is 0.000000365. The first-order valence-corrected chi connectivity index (χ1v) is 16.0. The van der Waals surface area contributed by atoms with Crippen LogP contribution in [0.25, 0.3) is 10.8 Å². The number of aryl methyl sites for hydroxylation is 1. The van der Waals surface area contributed by atoms with Gasteiger partial charge < -0.3 is 9.47 Å². The van der Waals surface area contributed by atoms with Crippen molar-refractivity contribution in [2.24, 2.45) is 17.8 Å². The largest absolute Gasteiger partial charge is 0.493 e. The average Bonchev–Trinajstić information content (AvgIpc) is 3.02. The van der Waals surface area contributed by atoms with Gasteiger partial charge in [-0.25, -0.2) is 0 Å². The van der Waals surface area contributed by atoms with Crippen molar-refractivity contribution in [2.75, 3.05) is 6.61 Å². The van der Waals surface area contributed by atoms with Crippen LogP contribution in [0.15, 0.2) is 60.7 Å². The summed E-state index contributed by atoms with van der Waals surface area (Å²) in [6.45, 7) is 12.2. The monoisotopic (exact) mass is 658 g/mol. The summed E-state index contributed by atoms with van der Waals surface area (Å²) >= 11 is 0. The lowest BCUT2D eigenvalue weighted by atomic mass is 9.77. The van der Waals surface area contributed by atoms with Crippen LogP contribution in [-0.2, 0) is 6.61 Å². The van der Waals surface area contributed by atoms with Gasteiger partial charge in [0.05, 0.1) is 6.61 Å². The molecule has 5 rings (SSSR count). The summed E-state index contributed by atoms with van der Waals surface area (Å²) in [5, 5.41) is 2.31. The molecule has 0 amide bonds. The SMILES string of the molecule is CC.CCC1CCCCC1CC.Cc1ccc(OCc2ccccc2)c2cccc(OCC3CCCCC3)c12.I. The van der Waals surface area contributed by atoms with Crippen molar-refractivity contribution in [1.29, 1.82) is 0 Å². The molecule has 2 nitrogen and oxygen atoms in total. The Morgan fingerprint density at radius 1 is 0.650 bits per heavy atom. The molecule has 0 aliphatic heterocycles. The standard InChI is InChI=1S/C25H28O2.C10H20.C2H6.HI/c1-19-15-16-23(26-17-20-9-4-2-5-10-20)22-13-8-14-24(25(19)22)27-18-21-11-6-3-7-12-21;1-3-9-7-5-6-8-10(9)4-2;1-2;/h2,4-5,8-10,13-16,21H,3,6-7,11-12,17-18H2,1H3;9-10H,3-8H2,1-2H3;1-2H3;1H. The highest BCUT2D eigenvalue weighted by molar-refractivity contribution is 14.0. The van der Waals surface area contributed by atoms with Crippen molar-refractivity contribution >= 4 is 34.7 Å². The molecule has 3 aromatic rings. The zero-order chi connectivity index (χ0) is 27.9. The van der Waals surface area contributed by atoms with Crippen LogP contribution in [0.4, 0.5) is 0 Å². The molecule has 222 valence electrons. The van der Waals surface area contributed by atoms with E-state index < -0.39 is 0 Å². The summed E-state index contributed by atoms with van der Waals surface area (Å²) in [6.07, 6.45) is 15.5. The number of fused-ring (bicyclic) bond motifs is 1. The Morgan fingerprint density at radius 3 is 1.90 bits per heavy atom. The van der Waals surface area contributed by atoms with Crippen LogP contribution >= 0.6 is 24.0 Å². The molecule has 0 radical (unpaired) electrons. The maximum atomic E-state index is 6.30. The third-order valence-corrected chi connectivity index (χ3v) is 8.72. The number of ether oxygens (including phenoxy) is 2. The third kappa shape index (κ3) is 10.3. The molecular formula is C37H55IO2. The lowest BCUT2D eigenvalue weighted by molar-refractivity contribution is 0.210. The van der Waals surface area contributed by atoms with Crippen LogP contribution in [0, 0.1) is 24.7 Å². The lowest BCUT2D eigenvalue weighted by Gasteiger charge is -2.29. The van der Waals surface area contributed by atoms with Crippen LogP contribution in [0.1, 0.15) is 109 Å². The number of hydrogen-bond donors (Lipinski definition) is 0. The number of benzene rings is 3. The normalized spacial score (nSPS) is 18.8. The predicted molar refractivity (Wildman–Crippen MR) is 184 cm³/mol. The molecule has 2 aliphatic carbocycles. The van der Waals surface area contributed by atoms with E-state index in [1.54, 1.807) is 0 Å². The van der Waals surface area contributed by atoms with Crippen LogP contribution in [0.5, 0.6) is 11.5 Å². The molecule has 0 N–H and O–H groups in total. The molecular weight excluding hydrogens is 603 g/mol. The minimum Gasteiger partial charge on any atom is -0.493 e. The van der Waals surface area contributed by atoms with Crippen molar-refractivity contribution in [1.82, 2.24) is 0 Å². The molecule has 2 fully saturated rings. The maximum Gasteiger partial charge on any atom is 0.127 e. The van der Waals surface area contributed by atoms with E-state index in [1.807, 2.05) is 32.0 Å². The summed E-state index contributed by atoms with van der Waals surface area (Å²) in [6, 6.07) is 20.8. The molecule has 0 heterocycles. The van der Waals surface area contributed by atoms with Crippen LogP contribution in [0.2, 0.25) is 0 Å². The lowest BCUT2D eigenvalue weighted by Crippen LogP contribution is -2.17. The van der Waals surface area contributed by atoms with Gasteiger partial charge in [0, 0.05) is 10.8 Å². The summed E-state index contributed by atoms with van der Waals surface area (Å²) in [5.74, 6) is 4.74. The first-order chi connectivity index (χ1) is 19.2. The van der Waals surface area contributed by atoms with E-state index in [1.165, 1.54) is 87.1 Å². The summed E-state index contributed by atoms with van der Waals surface area (Å²) < 4.78 is 12.5. The van der Waals surface area contributed by atoms with E-state index in [0.717, 1.165) is 35.3 Å². The minimum absolute atomic E-state index is 0. The maximum absolute atomic E-state index is 6.30. The minimum atomic E-state index is 0. The van der Waals surface area contributed by atoms with Crippen molar-refractivity contribution in [3.8, 4) is 11.5 Å². The Labute approximate surface area is 262 Å². The highest BCUT2D eigenvalue weighted by atomic mass is 127. The van der Waals surface area contributed by atoms with Gasteiger partial charge in [-0.2, -0.15) is 0 Å². The quantitative estimate of drug-likeness (QED) is 0.224. The second-order valence-corrected chi connectivity index (χ2v) is 11.3. The average molecular weight is 659 g/mol. The van der Waals surface area contributed by atoms with Gasteiger partial charge in [0.15, 0.2) is 0 Å². The number of halogens is 1. The highest BCUT2D eigenvalue weighted by Gasteiger charge is 2.21. The van der Waals surface area contributed by atoms with Crippen LogP contribution < -0.4 is 9.47 Å². The zero-order valence-corrected chi connectivity index (χ0v) is 28.3. The molecule has 40 heavy (non-hydrogen) atoms. The molecule has 0 saturated heterocycles. The van der Waals surface area contributed by atoms with E-state index in [2.05, 4.69) is 63.2 Å². The van der Waals surface area contributed by atoms with Crippen molar-refractivity contribution in [3.05, 3.63) is 71.8 Å². The summed E-state index contributed by atoms with van der Waals surface area (Å²) in [7, 11) is 0. The fraction of sp³-hybridized carbons (Fsp3) is 0.568. The number of rotatable bonds is 8. The molecule has 0 aromatic heterocycles. The highest BCUT2D eigenvalue weighted by Crippen LogP contribution is 2.36. The van der Waals surface area contributed by atoms with E-state index in [4.69, 9.17) is 9.47 Å². The molecule has 2 saturated carbocycles. The first-order valence-electron chi connectivity index (χ1n) is 16.0. The molecule has 0 bridgehead atoms. The zero-order valence-electron chi connectivity index (χ0n) is 25.9. The number of hydrogen-bond acceptors (Lipinski definition) is 2. The fourth-order valence-electron chi connectivity index (χ4n) is 6.42. The second-order valence-electron chi connectivity index (χ2n) is 11.3. The van der Waals surface area contributed by atoms with Gasteiger partial charge in [0.1, 0.15) is 18.1 Å². The Bertz CT molecular complexity index is 1060. The van der Waals surface area contributed by atoms with E-state index in [9.17, 15) is 0 Å². The molecule has 2 atom stereocenters. The van der Waals surface area contributed by atoms with Crippen molar-refractivity contribution in [2.45, 2.75) is 112 Å². The van der Waals surface area contributed by atoms with Gasteiger partial charge in [0.2, 0.25) is 0 Å². The molecule has 0 spiro atoms. The van der Waals surface area contributed by atoms with Crippen LogP contribution in [-0.4, -0.2) is 6.61 Å². The summed E-state index contributed by atoms with van der Waals surface area (Å²) in [5.41, 5.74) is 2.41. The van der Waals surface area contributed by atoms with Gasteiger partial charge >= 0.3 is 0 Å². The van der Waals surface area contributed by atoms with Gasteiger partial charge in [-0.1, -0.05) is 134 Å². The molecule has 3 heteroatoms. The fourth-order valence-corrected chi connectivity index (χ4v) is 6.42. The Kier molecular flexibility index (Phi) is 16.7. The molecule has 2 aliphatic rings. The van der Waals surface area contributed by atoms with E-state index >= 15 is 0 Å². The van der Waals surface area contributed by atoms with E-state index in [0.29, 0.717) is 12.5 Å². The third-order valence-electron chi connectivity index (χ3n) is 8.72. The van der Waals surface area contributed by atoms with Gasteiger partial charge in [-0.15, -0.1) is 24.0 Å². The first kappa shape index (κ1) is 34.5. The molecule has 3 aromatic carbocycles. The van der Waals surface area contributed by atoms with E-state index in [-0.39, 0.29) is 24.0 Å². The Hall–Kier alpha value is -1.75. The van der Waals surface area contributed by atoms with Crippen molar-refractivity contribution in [3.63, 3.8) is 0 Å². The molecule has 2 unspecified atom stereocenters. The van der Waals surface area contributed by atoms with Gasteiger partial charge in [-0.05, 0) is 60.8 Å². The predicted octanol–water partition coefficient (Wildman–Crippen LogP) is 11.9. The summed E-state index contributed by atoms with van der Waals surface area (Å²) in [4.78, 5) is 0. The smallest absolute Gasteiger partial charge is 0.127 e. The van der Waals surface area contributed by atoms with Crippen LogP contribution in [0.3, 0.4) is 0 Å². The second kappa shape index (κ2) is 19.4. The van der Waals surface area contributed by atoms with Gasteiger partial charge in [0.25, 0.3) is 0 Å². The Morgan fingerprint density at radius 2 is 1.27 bits per heavy atom. The van der Waals surface area contributed by atoms with Gasteiger partial charge in [-0.3, -0.25) is 0 Å². The van der Waals surface area contributed by atoms with Crippen molar-refractivity contribution < 1.29 is 9.47 Å².